The van der Waals surface area contributed by atoms with E-state index in [1.807, 2.05) is 32.5 Å². The number of ether oxygens (including phenoxy) is 1. The van der Waals surface area contributed by atoms with Gasteiger partial charge in [-0.15, -0.1) is 11.8 Å². The number of esters is 1. The maximum atomic E-state index is 11.8. The van der Waals surface area contributed by atoms with Crippen LogP contribution in [0.25, 0.3) is 0 Å². The second kappa shape index (κ2) is 7.51. The molecule has 0 amide bonds. The standard InChI is InChI=1S/C18H27NO2S/c1-13-5-6-14-7-9-19-10-8-15(14)16(13)22-12-11-21-17(20)18(2,3)4/h5-6,19H,7-12H2,1-4H3. The van der Waals surface area contributed by atoms with Gasteiger partial charge in [-0.25, -0.2) is 0 Å². The quantitative estimate of drug-likeness (QED) is 0.524. The van der Waals surface area contributed by atoms with Crippen LogP contribution in [0.4, 0.5) is 0 Å². The lowest BCUT2D eigenvalue weighted by Gasteiger charge is -2.17. The Hall–Kier alpha value is -1.00. The Morgan fingerprint density at radius 3 is 2.73 bits per heavy atom. The Bertz CT molecular complexity index is 535. The minimum atomic E-state index is -0.421. The van der Waals surface area contributed by atoms with E-state index in [2.05, 4.69) is 24.4 Å². The molecule has 122 valence electrons. The first-order valence-electron chi connectivity index (χ1n) is 8.01. The Balaban J connectivity index is 1.97. The van der Waals surface area contributed by atoms with Crippen molar-refractivity contribution in [3.8, 4) is 0 Å². The number of hydrogen-bond donors (Lipinski definition) is 1. The van der Waals surface area contributed by atoms with Crippen LogP contribution in [0.3, 0.4) is 0 Å². The molecule has 2 rings (SSSR count). The highest BCUT2D eigenvalue weighted by Crippen LogP contribution is 2.30. The molecule has 0 radical (unpaired) electrons. The summed E-state index contributed by atoms with van der Waals surface area (Å²) in [7, 11) is 0. The summed E-state index contributed by atoms with van der Waals surface area (Å²) >= 11 is 1.82. The zero-order valence-electron chi connectivity index (χ0n) is 14.1. The number of hydrogen-bond acceptors (Lipinski definition) is 4. The van der Waals surface area contributed by atoms with Crippen LogP contribution in [0.15, 0.2) is 17.0 Å². The predicted molar refractivity (Wildman–Crippen MR) is 92.6 cm³/mol. The molecule has 0 unspecified atom stereocenters. The van der Waals surface area contributed by atoms with Gasteiger partial charge in [0.25, 0.3) is 0 Å². The summed E-state index contributed by atoms with van der Waals surface area (Å²) in [6, 6.07) is 4.48. The van der Waals surface area contributed by atoms with Crippen molar-refractivity contribution in [3.05, 3.63) is 28.8 Å². The number of carbonyl (C=O) groups is 1. The van der Waals surface area contributed by atoms with Crippen molar-refractivity contribution in [3.63, 3.8) is 0 Å². The second-order valence-electron chi connectivity index (χ2n) is 6.83. The summed E-state index contributed by atoms with van der Waals surface area (Å²) in [6.45, 7) is 10.4. The highest BCUT2D eigenvalue weighted by atomic mass is 32.2. The van der Waals surface area contributed by atoms with Gasteiger partial charge < -0.3 is 10.1 Å². The molecule has 3 nitrogen and oxygen atoms in total. The zero-order valence-corrected chi connectivity index (χ0v) is 14.9. The van der Waals surface area contributed by atoms with Gasteiger partial charge in [0.15, 0.2) is 0 Å². The van der Waals surface area contributed by atoms with Gasteiger partial charge in [-0.3, -0.25) is 4.79 Å². The van der Waals surface area contributed by atoms with Gasteiger partial charge in [0, 0.05) is 10.6 Å². The summed E-state index contributed by atoms with van der Waals surface area (Å²) in [4.78, 5) is 13.2. The van der Waals surface area contributed by atoms with Crippen LogP contribution < -0.4 is 5.32 Å². The molecule has 0 aliphatic carbocycles. The number of thioether (sulfide) groups is 1. The van der Waals surface area contributed by atoms with Crippen molar-refractivity contribution in [2.24, 2.45) is 5.41 Å². The molecule has 4 heteroatoms. The molecule has 1 aliphatic rings. The van der Waals surface area contributed by atoms with Crippen molar-refractivity contribution in [1.29, 1.82) is 0 Å². The van der Waals surface area contributed by atoms with Gasteiger partial charge in [-0.2, -0.15) is 0 Å². The van der Waals surface area contributed by atoms with E-state index in [4.69, 9.17) is 4.74 Å². The van der Waals surface area contributed by atoms with Crippen molar-refractivity contribution >= 4 is 17.7 Å². The smallest absolute Gasteiger partial charge is 0.311 e. The lowest BCUT2D eigenvalue weighted by molar-refractivity contribution is -0.152. The summed E-state index contributed by atoms with van der Waals surface area (Å²) in [5, 5.41) is 3.46. The Morgan fingerprint density at radius 2 is 2.00 bits per heavy atom. The minimum absolute atomic E-state index is 0.124. The van der Waals surface area contributed by atoms with Crippen LogP contribution in [-0.4, -0.2) is 31.4 Å². The summed E-state index contributed by atoms with van der Waals surface area (Å²) in [5.74, 6) is 0.688. The van der Waals surface area contributed by atoms with Gasteiger partial charge in [0.05, 0.1) is 5.41 Å². The third kappa shape index (κ3) is 4.50. The molecule has 1 N–H and O–H groups in total. The monoisotopic (exact) mass is 321 g/mol. The molecule has 0 aromatic heterocycles. The molecular formula is C18H27NO2S. The van der Waals surface area contributed by atoms with Gasteiger partial charge in [-0.05, 0) is 70.3 Å². The van der Waals surface area contributed by atoms with Gasteiger partial charge in [0.2, 0.25) is 0 Å². The molecule has 0 saturated heterocycles. The number of nitrogens with one attached hydrogen (secondary N) is 1. The van der Waals surface area contributed by atoms with E-state index < -0.39 is 5.41 Å². The highest BCUT2D eigenvalue weighted by molar-refractivity contribution is 7.99. The Morgan fingerprint density at radius 1 is 1.27 bits per heavy atom. The maximum absolute atomic E-state index is 11.8. The van der Waals surface area contributed by atoms with Crippen LogP contribution in [-0.2, 0) is 22.4 Å². The highest BCUT2D eigenvalue weighted by Gasteiger charge is 2.22. The van der Waals surface area contributed by atoms with Crippen molar-refractivity contribution in [2.45, 2.75) is 45.4 Å². The topological polar surface area (TPSA) is 38.3 Å². The number of carbonyl (C=O) groups excluding carboxylic acids is 1. The average molecular weight is 321 g/mol. The Labute approximate surface area is 138 Å². The number of benzene rings is 1. The minimum Gasteiger partial charge on any atom is -0.464 e. The third-order valence-corrected chi connectivity index (χ3v) is 5.08. The fraction of sp³-hybridized carbons (Fsp3) is 0.611. The molecule has 0 fully saturated rings. The van der Waals surface area contributed by atoms with Crippen LogP contribution in [0.5, 0.6) is 0 Å². The molecule has 22 heavy (non-hydrogen) atoms. The third-order valence-electron chi connectivity index (χ3n) is 3.85. The molecule has 1 heterocycles. The van der Waals surface area contributed by atoms with E-state index >= 15 is 0 Å². The first-order chi connectivity index (χ1) is 10.4. The molecule has 1 aliphatic heterocycles. The van der Waals surface area contributed by atoms with Gasteiger partial charge in [0.1, 0.15) is 6.61 Å². The average Bonchev–Trinajstić information content (AvgIpc) is 2.69. The zero-order chi connectivity index (χ0) is 16.2. The van der Waals surface area contributed by atoms with Crippen LogP contribution in [0.1, 0.15) is 37.5 Å². The fourth-order valence-corrected chi connectivity index (χ4v) is 3.62. The first-order valence-corrected chi connectivity index (χ1v) is 9.00. The molecule has 1 aromatic carbocycles. The lowest BCUT2D eigenvalue weighted by atomic mass is 9.97. The van der Waals surface area contributed by atoms with Crippen molar-refractivity contribution in [2.75, 3.05) is 25.4 Å². The SMILES string of the molecule is Cc1ccc2c(c1SCCOC(=O)C(C)(C)C)CCNCC2. The van der Waals surface area contributed by atoms with E-state index in [-0.39, 0.29) is 5.97 Å². The molecule has 1 aromatic rings. The number of rotatable bonds is 4. The second-order valence-corrected chi connectivity index (χ2v) is 7.94. The summed E-state index contributed by atoms with van der Waals surface area (Å²) in [6.07, 6.45) is 2.18. The van der Waals surface area contributed by atoms with E-state index in [1.54, 1.807) is 0 Å². The summed E-state index contributed by atoms with van der Waals surface area (Å²) in [5.41, 5.74) is 3.85. The molecular weight excluding hydrogens is 294 g/mol. The van der Waals surface area contributed by atoms with E-state index in [1.165, 1.54) is 21.6 Å². The van der Waals surface area contributed by atoms with Crippen LogP contribution >= 0.6 is 11.8 Å². The van der Waals surface area contributed by atoms with E-state index in [0.29, 0.717) is 6.61 Å². The summed E-state index contributed by atoms with van der Waals surface area (Å²) < 4.78 is 5.36. The van der Waals surface area contributed by atoms with Crippen molar-refractivity contribution in [1.82, 2.24) is 5.32 Å². The molecule has 0 bridgehead atoms. The van der Waals surface area contributed by atoms with E-state index in [9.17, 15) is 4.79 Å². The molecule has 0 spiro atoms. The normalized spacial score (nSPS) is 15.1. The lowest BCUT2D eigenvalue weighted by Crippen LogP contribution is -2.23. The Kier molecular flexibility index (Phi) is 5.93. The number of aryl methyl sites for hydroxylation is 1. The van der Waals surface area contributed by atoms with Crippen LogP contribution in [0.2, 0.25) is 0 Å². The maximum Gasteiger partial charge on any atom is 0.311 e. The predicted octanol–water partition coefficient (Wildman–Crippen LogP) is 3.36. The van der Waals surface area contributed by atoms with Gasteiger partial charge >= 0.3 is 5.97 Å². The van der Waals surface area contributed by atoms with Crippen LogP contribution in [0, 0.1) is 12.3 Å². The first kappa shape index (κ1) is 17.4. The van der Waals surface area contributed by atoms with E-state index in [0.717, 1.165) is 31.7 Å². The van der Waals surface area contributed by atoms with Gasteiger partial charge in [-0.1, -0.05) is 12.1 Å². The largest absolute Gasteiger partial charge is 0.464 e. The number of fused-ring (bicyclic) bond motifs is 1. The van der Waals surface area contributed by atoms with Crippen molar-refractivity contribution < 1.29 is 9.53 Å². The molecule has 0 atom stereocenters. The fourth-order valence-electron chi connectivity index (χ4n) is 2.55. The molecule has 0 saturated carbocycles.